The number of aryl methyl sites for hydroxylation is 1. The Morgan fingerprint density at radius 1 is 1.16 bits per heavy atom. The molecule has 0 aliphatic carbocycles. The summed E-state index contributed by atoms with van der Waals surface area (Å²) in [5, 5.41) is 0. The van der Waals surface area contributed by atoms with Gasteiger partial charge in [-0.3, -0.25) is 4.79 Å². The fourth-order valence-electron chi connectivity index (χ4n) is 2.83. The Bertz CT molecular complexity index is 736. The van der Waals surface area contributed by atoms with E-state index in [1.54, 1.807) is 0 Å². The van der Waals surface area contributed by atoms with Gasteiger partial charge in [0.05, 0.1) is 13.2 Å². The molecule has 1 fully saturated rings. The molecule has 25 heavy (non-hydrogen) atoms. The Kier molecular flexibility index (Phi) is 5.52. The molecular weight excluding hydrogens is 340 g/mol. The first kappa shape index (κ1) is 20.1. The van der Waals surface area contributed by atoms with Crippen molar-refractivity contribution in [1.82, 2.24) is 8.87 Å². The molecule has 142 valence electrons. The summed E-state index contributed by atoms with van der Waals surface area (Å²) in [5.41, 5.74) is 1.95. The molecule has 0 atom stereocenters. The van der Waals surface area contributed by atoms with Gasteiger partial charge in [-0.1, -0.05) is 20.8 Å². The van der Waals surface area contributed by atoms with E-state index in [0.717, 1.165) is 11.3 Å². The van der Waals surface area contributed by atoms with Crippen LogP contribution in [0.25, 0.3) is 0 Å². The lowest BCUT2D eigenvalue weighted by molar-refractivity contribution is -0.120. The van der Waals surface area contributed by atoms with Crippen LogP contribution in [-0.4, -0.2) is 54.1 Å². The quantitative estimate of drug-likeness (QED) is 0.794. The smallest absolute Gasteiger partial charge is 0.226 e. The van der Waals surface area contributed by atoms with Gasteiger partial charge in [0.15, 0.2) is 5.78 Å². The Hall–Kier alpha value is -1.18. The zero-order valence-electron chi connectivity index (χ0n) is 16.1. The molecule has 0 radical (unpaired) electrons. The van der Waals surface area contributed by atoms with Gasteiger partial charge in [-0.15, -0.1) is 0 Å². The first-order valence-electron chi connectivity index (χ1n) is 8.64. The van der Waals surface area contributed by atoms with Gasteiger partial charge in [0.1, 0.15) is 4.75 Å². The Labute approximate surface area is 151 Å². The largest absolute Gasteiger partial charge is 0.379 e. The predicted molar refractivity (Wildman–Crippen MR) is 98.2 cm³/mol. The van der Waals surface area contributed by atoms with Crippen molar-refractivity contribution in [2.75, 3.05) is 26.3 Å². The molecule has 0 bridgehead atoms. The van der Waals surface area contributed by atoms with Crippen molar-refractivity contribution < 1.29 is 17.9 Å². The van der Waals surface area contributed by atoms with Gasteiger partial charge in [-0.05, 0) is 30.9 Å². The molecule has 1 aliphatic heterocycles. The highest BCUT2D eigenvalue weighted by atomic mass is 32.2. The van der Waals surface area contributed by atoms with Crippen LogP contribution in [0, 0.1) is 0 Å². The summed E-state index contributed by atoms with van der Waals surface area (Å²) >= 11 is 0. The van der Waals surface area contributed by atoms with Crippen molar-refractivity contribution in [3.05, 3.63) is 23.5 Å². The van der Waals surface area contributed by atoms with Crippen molar-refractivity contribution >= 4 is 15.8 Å². The molecule has 2 rings (SSSR count). The highest BCUT2D eigenvalue weighted by molar-refractivity contribution is 7.91. The van der Waals surface area contributed by atoms with Gasteiger partial charge < -0.3 is 9.30 Å². The van der Waals surface area contributed by atoms with Crippen molar-refractivity contribution in [3.8, 4) is 0 Å². The second-order valence-corrected chi connectivity index (χ2v) is 10.7. The summed E-state index contributed by atoms with van der Waals surface area (Å²) < 4.78 is 32.9. The number of hydrogen-bond acceptors (Lipinski definition) is 4. The molecule has 1 saturated heterocycles. The average molecular weight is 371 g/mol. The molecular formula is C18H30N2O4S. The lowest BCUT2D eigenvalue weighted by Crippen LogP contribution is -2.53. The number of Topliss-reactive ketones (excluding diaryl/α,β-unsaturated/α-hetero) is 1. The van der Waals surface area contributed by atoms with Crippen LogP contribution in [0.4, 0.5) is 0 Å². The molecule has 0 saturated carbocycles. The number of ether oxygens (including phenoxy) is 1. The summed E-state index contributed by atoms with van der Waals surface area (Å²) in [4.78, 5) is 12.9. The maximum absolute atomic E-state index is 12.9. The predicted octanol–water partition coefficient (Wildman–Crippen LogP) is 1.87. The van der Waals surface area contributed by atoms with E-state index in [1.165, 1.54) is 18.2 Å². The van der Waals surface area contributed by atoms with Crippen LogP contribution < -0.4 is 0 Å². The summed E-state index contributed by atoms with van der Waals surface area (Å²) in [6.45, 7) is 10.7. The van der Waals surface area contributed by atoms with Crippen LogP contribution in [0.1, 0.15) is 45.9 Å². The van der Waals surface area contributed by atoms with Crippen LogP contribution >= 0.6 is 0 Å². The maximum atomic E-state index is 12.9. The summed E-state index contributed by atoms with van der Waals surface area (Å²) in [6, 6.07) is 2.00. The lowest BCUT2D eigenvalue weighted by Gasteiger charge is -2.33. The zero-order chi connectivity index (χ0) is 19.0. The average Bonchev–Trinajstić information content (AvgIpc) is 2.89. The molecule has 0 unspecified atom stereocenters. The van der Waals surface area contributed by atoms with E-state index in [9.17, 15) is 13.2 Å². The Morgan fingerprint density at radius 3 is 2.20 bits per heavy atom. The number of morpholine rings is 1. The van der Waals surface area contributed by atoms with E-state index in [2.05, 4.69) is 20.8 Å². The van der Waals surface area contributed by atoms with E-state index >= 15 is 0 Å². The van der Waals surface area contributed by atoms with Gasteiger partial charge in [0.2, 0.25) is 10.0 Å². The van der Waals surface area contributed by atoms with Gasteiger partial charge >= 0.3 is 0 Å². The highest BCUT2D eigenvalue weighted by Gasteiger charge is 2.45. The third-order valence-electron chi connectivity index (χ3n) is 4.94. The van der Waals surface area contributed by atoms with Crippen LogP contribution in [0.15, 0.2) is 12.3 Å². The number of carbonyl (C=O) groups is 1. The third kappa shape index (κ3) is 3.99. The first-order chi connectivity index (χ1) is 11.4. The van der Waals surface area contributed by atoms with Crippen LogP contribution in [0.5, 0.6) is 0 Å². The fourth-order valence-corrected chi connectivity index (χ4v) is 4.46. The number of sulfonamides is 1. The molecule has 2 heterocycles. The monoisotopic (exact) mass is 370 g/mol. The molecule has 1 aromatic heterocycles. The zero-order valence-corrected chi connectivity index (χ0v) is 16.9. The Morgan fingerprint density at radius 2 is 1.72 bits per heavy atom. The Balaban J connectivity index is 2.23. The summed E-state index contributed by atoms with van der Waals surface area (Å²) in [5.74, 6) is -0.291. The summed E-state index contributed by atoms with van der Waals surface area (Å²) in [7, 11) is -1.83. The van der Waals surface area contributed by atoms with Crippen molar-refractivity contribution in [3.63, 3.8) is 0 Å². The van der Waals surface area contributed by atoms with Crippen LogP contribution in [-0.2, 0) is 38.4 Å². The molecule has 1 aliphatic rings. The number of nitrogens with zero attached hydrogens (tertiary/aromatic N) is 2. The van der Waals surface area contributed by atoms with E-state index < -0.39 is 14.8 Å². The van der Waals surface area contributed by atoms with Gasteiger partial charge in [0, 0.05) is 38.4 Å². The first-order valence-corrected chi connectivity index (χ1v) is 10.1. The lowest BCUT2D eigenvalue weighted by atomic mass is 9.89. The number of rotatable bonds is 5. The van der Waals surface area contributed by atoms with Gasteiger partial charge in [-0.2, -0.15) is 4.31 Å². The van der Waals surface area contributed by atoms with Gasteiger partial charge in [0.25, 0.3) is 0 Å². The molecule has 0 spiro atoms. The van der Waals surface area contributed by atoms with Crippen molar-refractivity contribution in [2.24, 2.45) is 7.05 Å². The van der Waals surface area contributed by atoms with Crippen LogP contribution in [0.2, 0.25) is 0 Å². The summed E-state index contributed by atoms with van der Waals surface area (Å²) in [6.07, 6.45) is 2.11. The minimum absolute atomic E-state index is 0.0194. The molecule has 6 nitrogen and oxygen atoms in total. The molecule has 7 heteroatoms. The maximum Gasteiger partial charge on any atom is 0.226 e. The minimum Gasteiger partial charge on any atom is -0.379 e. The number of ketones is 1. The molecule has 0 amide bonds. The third-order valence-corrected chi connectivity index (χ3v) is 7.50. The minimum atomic E-state index is -3.72. The number of hydrogen-bond donors (Lipinski definition) is 0. The second kappa shape index (κ2) is 6.85. The van der Waals surface area contributed by atoms with Crippen LogP contribution in [0.3, 0.4) is 0 Å². The SMILES string of the molecule is Cn1cc(C(C)(C)C)cc1CC(=O)C(C)(C)S(=O)(=O)N1CCOCC1. The van der Waals surface area contributed by atoms with E-state index in [-0.39, 0.29) is 17.6 Å². The standard InChI is InChI=1S/C18H30N2O4S/c1-17(2,3)14-11-15(19(6)13-14)12-16(21)18(4,5)25(22,23)20-7-9-24-10-8-20/h11,13H,7-10,12H2,1-6H3. The van der Waals surface area contributed by atoms with Crippen molar-refractivity contribution in [2.45, 2.75) is 51.2 Å². The van der Waals surface area contributed by atoms with E-state index in [1.807, 2.05) is 23.9 Å². The van der Waals surface area contributed by atoms with E-state index in [4.69, 9.17) is 4.74 Å². The molecule has 0 aromatic carbocycles. The normalized spacial score (nSPS) is 17.7. The number of carbonyl (C=O) groups excluding carboxylic acids is 1. The number of aromatic nitrogens is 1. The second-order valence-electron chi connectivity index (χ2n) is 8.21. The van der Waals surface area contributed by atoms with Crippen molar-refractivity contribution in [1.29, 1.82) is 0 Å². The highest BCUT2D eigenvalue weighted by Crippen LogP contribution is 2.27. The molecule has 1 aromatic rings. The van der Waals surface area contributed by atoms with E-state index in [0.29, 0.717) is 26.3 Å². The van der Waals surface area contributed by atoms with Gasteiger partial charge in [-0.25, -0.2) is 8.42 Å². The fraction of sp³-hybridized carbons (Fsp3) is 0.722. The molecule has 0 N–H and O–H groups in total. The topological polar surface area (TPSA) is 68.6 Å².